The first-order valence-electron chi connectivity index (χ1n) is 10.9. The maximum absolute atomic E-state index is 12.8. The van der Waals surface area contributed by atoms with Gasteiger partial charge in [-0.05, 0) is 48.5 Å². The van der Waals surface area contributed by atoms with Crippen molar-refractivity contribution in [1.82, 2.24) is 5.32 Å². The Morgan fingerprint density at radius 2 is 0.923 bits per heavy atom. The molecule has 13 heteroatoms. The number of benzene rings is 3. The van der Waals surface area contributed by atoms with Gasteiger partial charge in [-0.15, -0.1) is 0 Å². The van der Waals surface area contributed by atoms with E-state index in [1.807, 2.05) is 5.32 Å². The van der Waals surface area contributed by atoms with Crippen LogP contribution in [0.15, 0.2) is 48.5 Å². The van der Waals surface area contributed by atoms with E-state index in [1.54, 1.807) is 0 Å². The molecule has 39 heavy (non-hydrogen) atoms. The first kappa shape index (κ1) is 23.4. The molecule has 3 aromatic carbocycles. The zero-order valence-corrected chi connectivity index (χ0v) is 19.0. The van der Waals surface area contributed by atoms with E-state index in [0.717, 1.165) is 24.3 Å². The number of esters is 6. The predicted molar refractivity (Wildman–Crippen MR) is 121 cm³/mol. The highest BCUT2D eigenvalue weighted by Gasteiger charge is 2.37. The fraction of sp³-hybridized carbons (Fsp3) is 0. The van der Waals surface area contributed by atoms with Gasteiger partial charge >= 0.3 is 35.8 Å². The van der Waals surface area contributed by atoms with Gasteiger partial charge in [-0.3, -0.25) is 14.9 Å². The van der Waals surface area contributed by atoms with Gasteiger partial charge < -0.3 is 18.9 Å². The Morgan fingerprint density at radius 1 is 0.538 bits per heavy atom. The zero-order chi connectivity index (χ0) is 27.6. The number of hydrogen-bond donors (Lipinski definition) is 1. The Bertz CT molecular complexity index is 1660. The molecule has 3 heterocycles. The van der Waals surface area contributed by atoms with Crippen molar-refractivity contribution in [2.75, 3.05) is 0 Å². The van der Waals surface area contributed by atoms with Crippen LogP contribution in [-0.4, -0.2) is 47.6 Å². The van der Waals surface area contributed by atoms with Gasteiger partial charge in [0.15, 0.2) is 0 Å². The van der Waals surface area contributed by atoms with Gasteiger partial charge in [0, 0.05) is 0 Å². The molecule has 0 spiro atoms. The van der Waals surface area contributed by atoms with Crippen molar-refractivity contribution < 1.29 is 57.3 Å². The lowest BCUT2D eigenvalue weighted by Crippen LogP contribution is -2.20. The molecule has 2 amide bonds. The van der Waals surface area contributed by atoms with Gasteiger partial charge in [0.25, 0.3) is 11.8 Å². The third kappa shape index (κ3) is 3.64. The van der Waals surface area contributed by atoms with Crippen LogP contribution in [0.1, 0.15) is 82.9 Å². The molecule has 13 nitrogen and oxygen atoms in total. The lowest BCUT2D eigenvalue weighted by atomic mass is 10.0. The van der Waals surface area contributed by atoms with Gasteiger partial charge in [0.05, 0.1) is 44.5 Å². The van der Waals surface area contributed by atoms with E-state index in [-0.39, 0.29) is 44.9 Å². The van der Waals surface area contributed by atoms with E-state index in [9.17, 15) is 38.4 Å². The van der Waals surface area contributed by atoms with Crippen molar-refractivity contribution in [2.24, 2.45) is 0 Å². The summed E-state index contributed by atoms with van der Waals surface area (Å²) < 4.78 is 19.5. The summed E-state index contributed by atoms with van der Waals surface area (Å²) in [5.74, 6) is -8.21. The normalized spacial score (nSPS) is 14.8. The Balaban J connectivity index is 1.30. The number of carbonyl (C=O) groups excluding carboxylic acids is 8. The van der Waals surface area contributed by atoms with Crippen molar-refractivity contribution in [3.63, 3.8) is 0 Å². The average Bonchev–Trinajstić information content (AvgIpc) is 3.49. The fourth-order valence-electron chi connectivity index (χ4n) is 4.16. The van der Waals surface area contributed by atoms with Crippen LogP contribution in [0.5, 0.6) is 11.5 Å². The predicted octanol–water partition coefficient (Wildman–Crippen LogP) is 1.63. The number of imide groups is 1. The number of carbonyl (C=O) groups is 8. The number of rotatable bonds is 4. The summed E-state index contributed by atoms with van der Waals surface area (Å²) in [6, 6.07) is 9.24. The largest absolute Gasteiger partial charge is 0.422 e. The Hall–Kier alpha value is -5.98. The van der Waals surface area contributed by atoms with Crippen LogP contribution in [-0.2, 0) is 9.47 Å². The van der Waals surface area contributed by atoms with Crippen molar-refractivity contribution in [3.8, 4) is 11.5 Å². The first-order chi connectivity index (χ1) is 18.6. The second-order valence-electron chi connectivity index (χ2n) is 8.25. The third-order valence-corrected chi connectivity index (χ3v) is 5.98. The van der Waals surface area contributed by atoms with E-state index in [4.69, 9.17) is 9.47 Å². The monoisotopic (exact) mass is 527 g/mol. The van der Waals surface area contributed by atoms with Crippen LogP contribution in [0.2, 0.25) is 0 Å². The van der Waals surface area contributed by atoms with Crippen molar-refractivity contribution in [1.29, 1.82) is 0 Å². The van der Waals surface area contributed by atoms with E-state index >= 15 is 0 Å². The molecule has 0 saturated heterocycles. The molecule has 3 aliphatic heterocycles. The first-order valence-corrected chi connectivity index (χ1v) is 10.9. The molecule has 0 atom stereocenters. The molecule has 0 aromatic heterocycles. The summed E-state index contributed by atoms with van der Waals surface area (Å²) in [6.07, 6.45) is 0. The van der Waals surface area contributed by atoms with Crippen LogP contribution < -0.4 is 14.8 Å². The smallest absolute Gasteiger partial charge is 0.346 e. The number of ether oxygens (including phenoxy) is 4. The standard InChI is InChI=1S/C26H9NO12/c28-19-17-15(36-21(30)9-1-3-11-13(7-9)25(34)38-23(11)32)5-6-16(18(17)20(29)27-19)37-22(31)10-2-4-12-14(8-10)26(35)39-24(12)33/h1-8H,(H,27,28,29). The van der Waals surface area contributed by atoms with E-state index < -0.39 is 58.8 Å². The van der Waals surface area contributed by atoms with Crippen molar-refractivity contribution in [2.45, 2.75) is 0 Å². The van der Waals surface area contributed by atoms with Crippen LogP contribution in [0.25, 0.3) is 0 Å². The summed E-state index contributed by atoms with van der Waals surface area (Å²) >= 11 is 0. The summed E-state index contributed by atoms with van der Waals surface area (Å²) in [5.41, 5.74) is -1.42. The highest BCUT2D eigenvalue weighted by Crippen LogP contribution is 2.35. The average molecular weight is 527 g/mol. The molecular formula is C26H9NO12. The molecule has 0 fully saturated rings. The molecule has 0 bridgehead atoms. The highest BCUT2D eigenvalue weighted by molar-refractivity contribution is 6.24. The molecule has 0 aliphatic carbocycles. The third-order valence-electron chi connectivity index (χ3n) is 5.98. The second-order valence-corrected chi connectivity index (χ2v) is 8.25. The van der Waals surface area contributed by atoms with E-state index in [2.05, 4.69) is 9.47 Å². The molecule has 6 rings (SSSR count). The Morgan fingerprint density at radius 3 is 1.33 bits per heavy atom. The maximum atomic E-state index is 12.8. The molecule has 0 saturated carbocycles. The number of nitrogens with one attached hydrogen (secondary N) is 1. The van der Waals surface area contributed by atoms with Gasteiger partial charge in [0.2, 0.25) is 0 Å². The number of cyclic esters (lactones) is 4. The van der Waals surface area contributed by atoms with Gasteiger partial charge in [-0.1, -0.05) is 0 Å². The molecular weight excluding hydrogens is 518 g/mol. The zero-order valence-electron chi connectivity index (χ0n) is 19.0. The summed E-state index contributed by atoms with van der Waals surface area (Å²) in [4.78, 5) is 97.3. The van der Waals surface area contributed by atoms with E-state index in [1.165, 1.54) is 24.3 Å². The lowest BCUT2D eigenvalue weighted by molar-refractivity contribution is 0.0425. The molecule has 3 aromatic rings. The quantitative estimate of drug-likeness (QED) is 0.224. The molecule has 3 aliphatic rings. The number of amides is 2. The van der Waals surface area contributed by atoms with Crippen LogP contribution in [0.3, 0.4) is 0 Å². The molecule has 190 valence electrons. The van der Waals surface area contributed by atoms with Crippen LogP contribution in [0.4, 0.5) is 0 Å². The summed E-state index contributed by atoms with van der Waals surface area (Å²) in [6.45, 7) is 0. The minimum Gasteiger partial charge on any atom is -0.422 e. The summed E-state index contributed by atoms with van der Waals surface area (Å²) in [7, 11) is 0. The lowest BCUT2D eigenvalue weighted by Gasteiger charge is -2.11. The topological polar surface area (TPSA) is 186 Å². The van der Waals surface area contributed by atoms with Crippen LogP contribution >= 0.6 is 0 Å². The van der Waals surface area contributed by atoms with Crippen LogP contribution in [0, 0.1) is 0 Å². The molecule has 1 N–H and O–H groups in total. The maximum Gasteiger partial charge on any atom is 0.346 e. The minimum atomic E-state index is -1.02. The SMILES string of the molecule is O=C(Oc1ccc(OC(=O)c2ccc3c(c2)C(=O)OC3=O)c2c1C(=O)NC2=O)c1ccc2c(c1)C(=O)OC2=O. The van der Waals surface area contributed by atoms with Gasteiger partial charge in [-0.2, -0.15) is 0 Å². The highest BCUT2D eigenvalue weighted by atomic mass is 16.6. The minimum absolute atomic E-state index is 0.0274. The number of hydrogen-bond acceptors (Lipinski definition) is 12. The van der Waals surface area contributed by atoms with E-state index in [0.29, 0.717) is 0 Å². The molecule has 0 unspecified atom stereocenters. The fourth-order valence-corrected chi connectivity index (χ4v) is 4.16. The summed E-state index contributed by atoms with van der Waals surface area (Å²) in [5, 5.41) is 2.02. The Labute approximate surface area is 215 Å². The Kier molecular flexibility index (Phi) is 4.97. The van der Waals surface area contributed by atoms with Gasteiger partial charge in [-0.25, -0.2) is 28.8 Å². The number of fused-ring (bicyclic) bond motifs is 3. The van der Waals surface area contributed by atoms with Crippen molar-refractivity contribution in [3.05, 3.63) is 93.0 Å². The molecule has 0 radical (unpaired) electrons. The van der Waals surface area contributed by atoms with Crippen molar-refractivity contribution >= 4 is 47.6 Å². The second kappa shape index (κ2) is 8.27. The van der Waals surface area contributed by atoms with Gasteiger partial charge in [0.1, 0.15) is 11.5 Å².